The van der Waals surface area contributed by atoms with E-state index in [1.54, 1.807) is 6.07 Å². The Hall–Kier alpha value is -0.920. The first kappa shape index (κ1) is 7.71. The van der Waals surface area contributed by atoms with Gasteiger partial charge in [0.25, 0.3) is 0 Å². The lowest BCUT2D eigenvalue weighted by atomic mass is 9.87. The fourth-order valence-corrected chi connectivity index (χ4v) is 2.09. The quantitative estimate of drug-likeness (QED) is 0.659. The summed E-state index contributed by atoms with van der Waals surface area (Å²) in [5.41, 5.74) is 1.05. The maximum Gasteiger partial charge on any atom is 0.136 e. The molecule has 1 saturated carbocycles. The third-order valence-corrected chi connectivity index (χ3v) is 2.77. The Bertz CT molecular complexity index is 248. The molecule has 1 heterocycles. The molecular formula is C10H15NO. The van der Waals surface area contributed by atoms with Crippen molar-refractivity contribution in [2.45, 2.75) is 38.0 Å². The van der Waals surface area contributed by atoms with Crippen molar-refractivity contribution < 1.29 is 5.11 Å². The lowest BCUT2D eigenvalue weighted by Gasteiger charge is -2.20. The van der Waals surface area contributed by atoms with E-state index >= 15 is 0 Å². The number of hydrogen-bond acceptors (Lipinski definition) is 1. The Kier molecular flexibility index (Phi) is 2.07. The molecule has 2 rings (SSSR count). The standard InChI is InChI=1S/C10H15NO/c12-9-6-7-11-10(9)8-4-2-1-3-5-8/h6-8,11-12H,1-5H2. The van der Waals surface area contributed by atoms with Crippen LogP contribution in [0.15, 0.2) is 12.3 Å². The monoisotopic (exact) mass is 165 g/mol. The average molecular weight is 165 g/mol. The van der Waals surface area contributed by atoms with Crippen LogP contribution >= 0.6 is 0 Å². The molecule has 2 heteroatoms. The van der Waals surface area contributed by atoms with E-state index in [9.17, 15) is 5.11 Å². The molecule has 1 aromatic heterocycles. The van der Waals surface area contributed by atoms with Gasteiger partial charge in [0.2, 0.25) is 0 Å². The molecule has 1 aliphatic rings. The lowest BCUT2D eigenvalue weighted by molar-refractivity contribution is 0.410. The summed E-state index contributed by atoms with van der Waals surface area (Å²) in [6.07, 6.45) is 8.26. The molecular weight excluding hydrogens is 150 g/mol. The molecule has 0 saturated heterocycles. The second kappa shape index (κ2) is 3.21. The zero-order chi connectivity index (χ0) is 8.39. The third kappa shape index (κ3) is 1.33. The molecule has 0 unspecified atom stereocenters. The average Bonchev–Trinajstić information content (AvgIpc) is 2.53. The van der Waals surface area contributed by atoms with E-state index in [2.05, 4.69) is 4.98 Å². The molecule has 0 spiro atoms. The lowest BCUT2D eigenvalue weighted by Crippen LogP contribution is -2.04. The van der Waals surface area contributed by atoms with Crippen molar-refractivity contribution in [3.63, 3.8) is 0 Å². The predicted molar refractivity (Wildman–Crippen MR) is 48.3 cm³/mol. The van der Waals surface area contributed by atoms with Gasteiger partial charge in [0.1, 0.15) is 5.75 Å². The van der Waals surface area contributed by atoms with Crippen molar-refractivity contribution in [1.82, 2.24) is 4.98 Å². The van der Waals surface area contributed by atoms with Crippen molar-refractivity contribution in [1.29, 1.82) is 0 Å². The van der Waals surface area contributed by atoms with Gasteiger partial charge in [-0.25, -0.2) is 0 Å². The summed E-state index contributed by atoms with van der Waals surface area (Å²) >= 11 is 0. The number of H-pyrrole nitrogens is 1. The molecule has 0 amide bonds. The van der Waals surface area contributed by atoms with Gasteiger partial charge in [0, 0.05) is 12.1 Å². The minimum Gasteiger partial charge on any atom is -0.506 e. The van der Waals surface area contributed by atoms with E-state index in [1.807, 2.05) is 6.20 Å². The molecule has 1 fully saturated rings. The highest BCUT2D eigenvalue weighted by atomic mass is 16.3. The third-order valence-electron chi connectivity index (χ3n) is 2.77. The van der Waals surface area contributed by atoms with Gasteiger partial charge in [-0.05, 0) is 18.9 Å². The van der Waals surface area contributed by atoms with Crippen LogP contribution in [0.4, 0.5) is 0 Å². The molecule has 0 radical (unpaired) electrons. The highest BCUT2D eigenvalue weighted by Gasteiger charge is 2.18. The maximum atomic E-state index is 9.47. The van der Waals surface area contributed by atoms with E-state index in [0.29, 0.717) is 11.7 Å². The smallest absolute Gasteiger partial charge is 0.136 e. The van der Waals surface area contributed by atoms with Crippen LogP contribution in [0.1, 0.15) is 43.7 Å². The molecule has 0 aromatic carbocycles. The van der Waals surface area contributed by atoms with Gasteiger partial charge in [0.05, 0.1) is 5.69 Å². The largest absolute Gasteiger partial charge is 0.506 e. The van der Waals surface area contributed by atoms with E-state index in [0.717, 1.165) is 5.69 Å². The summed E-state index contributed by atoms with van der Waals surface area (Å²) in [7, 11) is 0. The molecule has 12 heavy (non-hydrogen) atoms. The highest BCUT2D eigenvalue weighted by molar-refractivity contribution is 5.29. The first-order chi connectivity index (χ1) is 5.88. The van der Waals surface area contributed by atoms with Crippen LogP contribution in [-0.2, 0) is 0 Å². The van der Waals surface area contributed by atoms with Crippen LogP contribution in [-0.4, -0.2) is 10.1 Å². The first-order valence-electron chi connectivity index (χ1n) is 4.74. The van der Waals surface area contributed by atoms with Gasteiger partial charge in [-0.15, -0.1) is 0 Å². The van der Waals surface area contributed by atoms with Crippen molar-refractivity contribution in [2.24, 2.45) is 0 Å². The van der Waals surface area contributed by atoms with Gasteiger partial charge in [0.15, 0.2) is 0 Å². The summed E-state index contributed by atoms with van der Waals surface area (Å²) in [5, 5.41) is 9.47. The Morgan fingerprint density at radius 2 is 2.00 bits per heavy atom. The topological polar surface area (TPSA) is 36.0 Å². The Morgan fingerprint density at radius 3 is 2.58 bits per heavy atom. The Labute approximate surface area is 72.6 Å². The summed E-state index contributed by atoms with van der Waals surface area (Å²) in [5.74, 6) is 1.02. The van der Waals surface area contributed by atoms with Crippen molar-refractivity contribution >= 4 is 0 Å². The predicted octanol–water partition coefficient (Wildman–Crippen LogP) is 2.77. The number of hydrogen-bond donors (Lipinski definition) is 2. The number of rotatable bonds is 1. The number of nitrogens with one attached hydrogen (secondary N) is 1. The number of aromatic amines is 1. The normalized spacial score (nSPS) is 19.7. The van der Waals surface area contributed by atoms with Crippen LogP contribution in [0.5, 0.6) is 5.75 Å². The molecule has 1 aromatic rings. The second-order valence-electron chi connectivity index (χ2n) is 3.61. The SMILES string of the molecule is Oc1cc[nH]c1C1CCCCC1. The molecule has 2 N–H and O–H groups in total. The maximum absolute atomic E-state index is 9.47. The zero-order valence-corrected chi connectivity index (χ0v) is 7.21. The van der Waals surface area contributed by atoms with Gasteiger partial charge < -0.3 is 10.1 Å². The van der Waals surface area contributed by atoms with Gasteiger partial charge >= 0.3 is 0 Å². The zero-order valence-electron chi connectivity index (χ0n) is 7.21. The van der Waals surface area contributed by atoms with Gasteiger partial charge in [-0.1, -0.05) is 19.3 Å². The van der Waals surface area contributed by atoms with E-state index in [-0.39, 0.29) is 0 Å². The van der Waals surface area contributed by atoms with Crippen LogP contribution in [0.2, 0.25) is 0 Å². The van der Waals surface area contributed by atoms with Crippen molar-refractivity contribution in [3.8, 4) is 5.75 Å². The Morgan fingerprint density at radius 1 is 1.25 bits per heavy atom. The van der Waals surface area contributed by atoms with Crippen LogP contribution in [0, 0.1) is 0 Å². The Balaban J connectivity index is 2.13. The summed E-state index contributed by atoms with van der Waals surface area (Å²) in [6.45, 7) is 0. The fraction of sp³-hybridized carbons (Fsp3) is 0.600. The van der Waals surface area contributed by atoms with Crippen LogP contribution in [0.25, 0.3) is 0 Å². The van der Waals surface area contributed by atoms with E-state index in [1.165, 1.54) is 32.1 Å². The molecule has 0 aliphatic heterocycles. The molecule has 0 atom stereocenters. The fourth-order valence-electron chi connectivity index (χ4n) is 2.09. The van der Waals surface area contributed by atoms with Gasteiger partial charge in [-0.2, -0.15) is 0 Å². The van der Waals surface area contributed by atoms with Crippen LogP contribution in [0.3, 0.4) is 0 Å². The van der Waals surface area contributed by atoms with Gasteiger partial charge in [-0.3, -0.25) is 0 Å². The minimum atomic E-state index is 0.446. The second-order valence-corrected chi connectivity index (χ2v) is 3.61. The molecule has 2 nitrogen and oxygen atoms in total. The molecule has 0 bridgehead atoms. The van der Waals surface area contributed by atoms with Crippen molar-refractivity contribution in [3.05, 3.63) is 18.0 Å². The highest BCUT2D eigenvalue weighted by Crippen LogP contribution is 2.35. The van der Waals surface area contributed by atoms with Crippen molar-refractivity contribution in [2.75, 3.05) is 0 Å². The summed E-state index contributed by atoms with van der Waals surface area (Å²) < 4.78 is 0. The summed E-state index contributed by atoms with van der Waals surface area (Å²) in [4.78, 5) is 3.13. The molecule has 66 valence electrons. The molecule has 1 aliphatic carbocycles. The summed E-state index contributed by atoms with van der Waals surface area (Å²) in [6, 6.07) is 1.74. The van der Waals surface area contributed by atoms with E-state index < -0.39 is 0 Å². The first-order valence-corrected chi connectivity index (χ1v) is 4.74. The minimum absolute atomic E-state index is 0.446. The van der Waals surface area contributed by atoms with Crippen LogP contribution < -0.4 is 0 Å². The van der Waals surface area contributed by atoms with E-state index in [4.69, 9.17) is 0 Å². The number of aromatic nitrogens is 1. The number of aromatic hydroxyl groups is 1.